The lowest BCUT2D eigenvalue weighted by Crippen LogP contribution is -2.11. The summed E-state index contributed by atoms with van der Waals surface area (Å²) in [6.07, 6.45) is 3.57. The first-order valence-electron chi connectivity index (χ1n) is 6.16. The minimum Gasteiger partial charge on any atom is -0.478 e. The number of carbonyl (C=O) groups is 1. The van der Waals surface area contributed by atoms with Crippen LogP contribution in [0.3, 0.4) is 0 Å². The third kappa shape index (κ3) is 2.93. The second-order valence-corrected chi connectivity index (χ2v) is 4.59. The van der Waals surface area contributed by atoms with E-state index < -0.39 is 5.97 Å². The van der Waals surface area contributed by atoms with Gasteiger partial charge in [0.15, 0.2) is 0 Å². The molecule has 2 N–H and O–H groups in total. The molecule has 5 heteroatoms. The topological polar surface area (TPSA) is 67.2 Å². The summed E-state index contributed by atoms with van der Waals surface area (Å²) in [6, 6.07) is 7.21. The Labute approximate surface area is 111 Å². The highest BCUT2D eigenvalue weighted by atomic mass is 16.4. The summed E-state index contributed by atoms with van der Waals surface area (Å²) in [6.45, 7) is 4.70. The van der Waals surface area contributed by atoms with Gasteiger partial charge in [0.1, 0.15) is 0 Å². The van der Waals surface area contributed by atoms with Gasteiger partial charge in [0.2, 0.25) is 0 Å². The van der Waals surface area contributed by atoms with Crippen LogP contribution in [0, 0.1) is 0 Å². The molecule has 1 aromatic carbocycles. The Morgan fingerprint density at radius 1 is 1.42 bits per heavy atom. The largest absolute Gasteiger partial charge is 0.478 e. The van der Waals surface area contributed by atoms with Gasteiger partial charge in [0.25, 0.3) is 0 Å². The first kappa shape index (κ1) is 13.1. The molecular weight excluding hydrogens is 242 g/mol. The van der Waals surface area contributed by atoms with Crippen molar-refractivity contribution < 1.29 is 9.90 Å². The van der Waals surface area contributed by atoms with Gasteiger partial charge in [0, 0.05) is 17.9 Å². The van der Waals surface area contributed by atoms with Crippen LogP contribution in [-0.4, -0.2) is 20.6 Å². The Morgan fingerprint density at radius 3 is 2.84 bits per heavy atom. The lowest BCUT2D eigenvalue weighted by atomic mass is 10.2. The zero-order valence-electron chi connectivity index (χ0n) is 11.0. The minimum atomic E-state index is -0.930. The molecule has 0 saturated carbocycles. The van der Waals surface area contributed by atoms with Crippen molar-refractivity contribution in [2.75, 3.05) is 5.32 Å². The van der Waals surface area contributed by atoms with Crippen LogP contribution in [0.4, 0.5) is 5.69 Å². The van der Waals surface area contributed by atoms with Crippen molar-refractivity contribution in [2.24, 2.45) is 0 Å². The zero-order chi connectivity index (χ0) is 13.8. The van der Waals surface area contributed by atoms with E-state index in [0.29, 0.717) is 18.3 Å². The highest BCUT2D eigenvalue weighted by molar-refractivity contribution is 5.94. The summed E-state index contributed by atoms with van der Waals surface area (Å²) < 4.78 is 2.05. The van der Waals surface area contributed by atoms with E-state index in [-0.39, 0.29) is 5.56 Å². The molecule has 0 fully saturated rings. The maximum atomic E-state index is 11.1. The number of aromatic nitrogens is 2. The van der Waals surface area contributed by atoms with Crippen LogP contribution in [0.5, 0.6) is 0 Å². The molecule has 2 aromatic rings. The average molecular weight is 259 g/mol. The predicted octanol–water partition coefficient (Wildman–Crippen LogP) is 2.77. The number of nitrogens with zero attached hydrogens (tertiary/aromatic N) is 2. The lowest BCUT2D eigenvalue weighted by molar-refractivity contribution is 0.0698. The fourth-order valence-electron chi connectivity index (χ4n) is 1.94. The number of aromatic carboxylic acids is 1. The fraction of sp³-hybridized carbons (Fsp3) is 0.286. The summed E-state index contributed by atoms with van der Waals surface area (Å²) >= 11 is 0. The summed E-state index contributed by atoms with van der Waals surface area (Å²) in [5.41, 5.74) is 1.92. The minimum absolute atomic E-state index is 0.276. The Kier molecular flexibility index (Phi) is 3.85. The molecule has 19 heavy (non-hydrogen) atoms. The Morgan fingerprint density at radius 2 is 2.16 bits per heavy atom. The average Bonchev–Trinajstić information content (AvgIpc) is 2.85. The zero-order valence-corrected chi connectivity index (χ0v) is 11.0. The molecule has 0 aliphatic heterocycles. The third-order valence-corrected chi connectivity index (χ3v) is 2.92. The van der Waals surface area contributed by atoms with E-state index in [1.54, 1.807) is 30.7 Å². The van der Waals surface area contributed by atoms with Gasteiger partial charge in [-0.3, -0.25) is 0 Å². The van der Waals surface area contributed by atoms with Crippen LogP contribution in [0.2, 0.25) is 0 Å². The van der Waals surface area contributed by atoms with Gasteiger partial charge in [-0.2, -0.15) is 0 Å². The molecule has 0 unspecified atom stereocenters. The second kappa shape index (κ2) is 5.56. The normalized spacial score (nSPS) is 10.7. The quantitative estimate of drug-likeness (QED) is 0.866. The van der Waals surface area contributed by atoms with Crippen molar-refractivity contribution in [1.82, 2.24) is 9.55 Å². The van der Waals surface area contributed by atoms with Crippen molar-refractivity contribution >= 4 is 11.7 Å². The van der Waals surface area contributed by atoms with E-state index in [1.165, 1.54) is 0 Å². The first-order chi connectivity index (χ1) is 9.09. The van der Waals surface area contributed by atoms with Gasteiger partial charge >= 0.3 is 5.97 Å². The Bertz CT molecular complexity index is 576. The van der Waals surface area contributed by atoms with Crippen LogP contribution in [-0.2, 0) is 6.54 Å². The molecular formula is C14H17N3O2. The fourth-order valence-corrected chi connectivity index (χ4v) is 1.94. The maximum Gasteiger partial charge on any atom is 0.337 e. The first-order valence-corrected chi connectivity index (χ1v) is 6.16. The number of hydrogen-bond donors (Lipinski definition) is 2. The van der Waals surface area contributed by atoms with Crippen molar-refractivity contribution in [3.63, 3.8) is 0 Å². The van der Waals surface area contributed by atoms with Crippen LogP contribution < -0.4 is 5.32 Å². The highest BCUT2D eigenvalue weighted by Crippen LogP contribution is 2.17. The van der Waals surface area contributed by atoms with E-state index in [9.17, 15) is 4.79 Å². The molecule has 0 radical (unpaired) electrons. The molecule has 0 aliphatic carbocycles. The van der Waals surface area contributed by atoms with E-state index in [0.717, 1.165) is 5.69 Å². The van der Waals surface area contributed by atoms with Gasteiger partial charge < -0.3 is 15.0 Å². The van der Waals surface area contributed by atoms with Gasteiger partial charge in [-0.05, 0) is 26.0 Å². The monoisotopic (exact) mass is 259 g/mol. The third-order valence-electron chi connectivity index (χ3n) is 2.92. The molecule has 2 rings (SSSR count). The van der Waals surface area contributed by atoms with Crippen LogP contribution in [0.25, 0.3) is 0 Å². The van der Waals surface area contributed by atoms with Crippen molar-refractivity contribution in [2.45, 2.75) is 26.4 Å². The van der Waals surface area contributed by atoms with E-state index in [4.69, 9.17) is 5.11 Å². The van der Waals surface area contributed by atoms with Crippen molar-refractivity contribution in [1.29, 1.82) is 0 Å². The summed E-state index contributed by atoms with van der Waals surface area (Å²) in [5, 5.41) is 12.3. The summed E-state index contributed by atoms with van der Waals surface area (Å²) in [4.78, 5) is 15.2. The predicted molar refractivity (Wildman–Crippen MR) is 73.3 cm³/mol. The van der Waals surface area contributed by atoms with Crippen LogP contribution in [0.15, 0.2) is 36.8 Å². The van der Waals surface area contributed by atoms with Crippen LogP contribution >= 0.6 is 0 Å². The van der Waals surface area contributed by atoms with E-state index in [2.05, 4.69) is 28.7 Å². The number of rotatable bonds is 5. The number of anilines is 1. The smallest absolute Gasteiger partial charge is 0.337 e. The Balaban J connectivity index is 2.15. The van der Waals surface area contributed by atoms with E-state index >= 15 is 0 Å². The molecule has 0 amide bonds. The number of nitrogens with one attached hydrogen (secondary N) is 1. The molecule has 100 valence electrons. The van der Waals surface area contributed by atoms with Gasteiger partial charge in [-0.15, -0.1) is 0 Å². The molecule has 0 atom stereocenters. The molecule has 0 spiro atoms. The molecule has 0 saturated heterocycles. The lowest BCUT2D eigenvalue weighted by Gasteiger charge is -2.13. The number of carboxylic acids is 1. The molecule has 1 aromatic heterocycles. The SMILES string of the molecule is CC(C)n1cncc1CNc1ccccc1C(=O)O. The van der Waals surface area contributed by atoms with Gasteiger partial charge in [0.05, 0.1) is 24.1 Å². The number of carboxylic acid groups (broad SMARTS) is 1. The van der Waals surface area contributed by atoms with Crippen molar-refractivity contribution in [3.8, 4) is 0 Å². The van der Waals surface area contributed by atoms with Gasteiger partial charge in [-0.1, -0.05) is 12.1 Å². The highest BCUT2D eigenvalue weighted by Gasteiger charge is 2.10. The molecule has 0 bridgehead atoms. The standard InChI is InChI=1S/C14H17N3O2/c1-10(2)17-9-15-7-11(17)8-16-13-6-4-3-5-12(13)14(18)19/h3-7,9-10,16H,8H2,1-2H3,(H,18,19). The molecule has 0 aliphatic rings. The second-order valence-electron chi connectivity index (χ2n) is 4.59. The maximum absolute atomic E-state index is 11.1. The molecule has 5 nitrogen and oxygen atoms in total. The molecule has 1 heterocycles. The van der Waals surface area contributed by atoms with Crippen molar-refractivity contribution in [3.05, 3.63) is 48.0 Å². The van der Waals surface area contributed by atoms with E-state index in [1.807, 2.05) is 6.07 Å². The number of imidazole rings is 1. The summed E-state index contributed by atoms with van der Waals surface area (Å²) in [7, 11) is 0. The summed E-state index contributed by atoms with van der Waals surface area (Å²) in [5.74, 6) is -0.930. The Hall–Kier alpha value is -2.30. The number of benzene rings is 1. The number of para-hydroxylation sites is 1. The number of hydrogen-bond acceptors (Lipinski definition) is 3. The van der Waals surface area contributed by atoms with Crippen LogP contribution in [0.1, 0.15) is 35.9 Å². The van der Waals surface area contributed by atoms with Gasteiger partial charge in [-0.25, -0.2) is 9.78 Å².